The summed E-state index contributed by atoms with van der Waals surface area (Å²) in [6.45, 7) is 3.14. The minimum Gasteiger partial charge on any atom is -0.486 e. The van der Waals surface area contributed by atoms with Gasteiger partial charge >= 0.3 is 0 Å². The Morgan fingerprint density at radius 3 is 2.60 bits per heavy atom. The summed E-state index contributed by atoms with van der Waals surface area (Å²) in [5, 5.41) is 3.88. The zero-order valence-corrected chi connectivity index (χ0v) is 13.4. The molecular weight excluding hydrogens is 342 g/mol. The van der Waals surface area contributed by atoms with Gasteiger partial charge in [-0.1, -0.05) is 21.1 Å². The largest absolute Gasteiger partial charge is 0.486 e. The van der Waals surface area contributed by atoms with Gasteiger partial charge in [-0.25, -0.2) is 0 Å². The maximum Gasteiger partial charge on any atom is 0.162 e. The van der Waals surface area contributed by atoms with E-state index in [2.05, 4.69) is 21.1 Å². The van der Waals surface area contributed by atoms with Crippen molar-refractivity contribution in [2.45, 2.75) is 18.4 Å². The summed E-state index contributed by atoms with van der Waals surface area (Å²) in [5.74, 6) is 4.22. The minimum atomic E-state index is 0.610. The van der Waals surface area contributed by atoms with Crippen molar-refractivity contribution in [2.24, 2.45) is 0 Å². The second kappa shape index (κ2) is 6.10. The Labute approximate surface area is 129 Å². The van der Waals surface area contributed by atoms with E-state index >= 15 is 0 Å². The summed E-state index contributed by atoms with van der Waals surface area (Å²) < 4.78 is 17.4. The molecule has 2 aromatic rings. The molecule has 0 bridgehead atoms. The lowest BCUT2D eigenvalue weighted by Gasteiger charge is -2.19. The minimum absolute atomic E-state index is 0.610. The van der Waals surface area contributed by atoms with E-state index < -0.39 is 0 Å². The van der Waals surface area contributed by atoms with Gasteiger partial charge in [0.1, 0.15) is 19.0 Å². The maximum absolute atomic E-state index is 5.60. The number of hydrogen-bond donors (Lipinski definition) is 0. The standard InChI is InChI=1S/C14H14BrNO3S/c1-9-4-11(19-16-9)8-20-7-10-5-13-14(6-12(10)15)18-3-2-17-13/h4-6H,2-3,7-8H2,1H3. The topological polar surface area (TPSA) is 44.5 Å². The third-order valence-corrected chi connectivity index (χ3v) is 4.63. The van der Waals surface area contributed by atoms with Crippen LogP contribution >= 0.6 is 27.7 Å². The number of aryl methyl sites for hydroxylation is 1. The van der Waals surface area contributed by atoms with E-state index in [1.165, 1.54) is 5.56 Å². The molecular formula is C14H14BrNO3S. The average molecular weight is 356 g/mol. The molecule has 0 spiro atoms. The maximum atomic E-state index is 5.60. The lowest BCUT2D eigenvalue weighted by molar-refractivity contribution is 0.171. The normalized spacial score (nSPS) is 13.5. The highest BCUT2D eigenvalue weighted by Crippen LogP contribution is 2.37. The fourth-order valence-corrected chi connectivity index (χ4v) is 3.51. The highest BCUT2D eigenvalue weighted by molar-refractivity contribution is 9.10. The molecule has 0 radical (unpaired) electrons. The molecule has 0 N–H and O–H groups in total. The summed E-state index contributed by atoms with van der Waals surface area (Å²) >= 11 is 5.36. The van der Waals surface area contributed by atoms with Crippen molar-refractivity contribution in [2.75, 3.05) is 13.2 Å². The molecule has 4 nitrogen and oxygen atoms in total. The molecule has 0 saturated heterocycles. The number of benzene rings is 1. The van der Waals surface area contributed by atoms with Crippen LogP contribution in [0.25, 0.3) is 0 Å². The second-order valence-electron chi connectivity index (χ2n) is 4.51. The van der Waals surface area contributed by atoms with Crippen molar-refractivity contribution in [1.82, 2.24) is 5.16 Å². The van der Waals surface area contributed by atoms with E-state index in [1.54, 1.807) is 11.8 Å². The third-order valence-electron chi connectivity index (χ3n) is 2.89. The highest BCUT2D eigenvalue weighted by atomic mass is 79.9. The van der Waals surface area contributed by atoms with Crippen molar-refractivity contribution in [3.63, 3.8) is 0 Å². The van der Waals surface area contributed by atoms with Crippen molar-refractivity contribution >= 4 is 27.7 Å². The first-order valence-electron chi connectivity index (χ1n) is 6.30. The number of halogens is 1. The smallest absolute Gasteiger partial charge is 0.162 e. The molecule has 1 aliphatic heterocycles. The fraction of sp³-hybridized carbons (Fsp3) is 0.357. The highest BCUT2D eigenvalue weighted by Gasteiger charge is 2.15. The third kappa shape index (κ3) is 3.12. The molecule has 0 amide bonds. The Morgan fingerprint density at radius 1 is 1.15 bits per heavy atom. The van der Waals surface area contributed by atoms with Gasteiger partial charge in [0.15, 0.2) is 11.5 Å². The number of aromatic nitrogens is 1. The average Bonchev–Trinajstić information content (AvgIpc) is 2.85. The lowest BCUT2D eigenvalue weighted by Crippen LogP contribution is -2.15. The van der Waals surface area contributed by atoms with Gasteiger partial charge in [-0.05, 0) is 24.6 Å². The molecule has 6 heteroatoms. The van der Waals surface area contributed by atoms with Crippen LogP contribution in [0.1, 0.15) is 17.0 Å². The Balaban J connectivity index is 1.65. The predicted molar refractivity (Wildman–Crippen MR) is 81.4 cm³/mol. The molecule has 2 heterocycles. The Kier molecular flexibility index (Phi) is 4.21. The van der Waals surface area contributed by atoms with Gasteiger partial charge < -0.3 is 14.0 Å². The number of thioether (sulfide) groups is 1. The molecule has 0 atom stereocenters. The van der Waals surface area contributed by atoms with E-state index in [4.69, 9.17) is 14.0 Å². The van der Waals surface area contributed by atoms with Gasteiger partial charge in [0, 0.05) is 16.3 Å². The molecule has 1 aromatic heterocycles. The van der Waals surface area contributed by atoms with E-state index in [0.717, 1.165) is 38.9 Å². The molecule has 106 valence electrons. The van der Waals surface area contributed by atoms with E-state index in [9.17, 15) is 0 Å². The van der Waals surface area contributed by atoms with Crippen LogP contribution in [0, 0.1) is 6.92 Å². The van der Waals surface area contributed by atoms with Crippen LogP contribution in [0.2, 0.25) is 0 Å². The Hall–Kier alpha value is -1.14. The van der Waals surface area contributed by atoms with Crippen LogP contribution < -0.4 is 9.47 Å². The molecule has 0 unspecified atom stereocenters. The molecule has 0 fully saturated rings. The van der Waals surface area contributed by atoms with E-state index in [-0.39, 0.29) is 0 Å². The van der Waals surface area contributed by atoms with Gasteiger partial charge in [-0.3, -0.25) is 0 Å². The van der Waals surface area contributed by atoms with Crippen LogP contribution in [0.5, 0.6) is 11.5 Å². The molecule has 0 saturated carbocycles. The van der Waals surface area contributed by atoms with Crippen molar-refractivity contribution in [3.8, 4) is 11.5 Å². The van der Waals surface area contributed by atoms with Crippen molar-refractivity contribution in [3.05, 3.63) is 39.7 Å². The van der Waals surface area contributed by atoms with Crippen LogP contribution in [0.3, 0.4) is 0 Å². The predicted octanol–water partition coefficient (Wildman–Crippen LogP) is 3.95. The first kappa shape index (κ1) is 13.8. The first-order valence-corrected chi connectivity index (χ1v) is 8.25. The summed E-state index contributed by atoms with van der Waals surface area (Å²) in [5.41, 5.74) is 2.11. The van der Waals surface area contributed by atoms with Gasteiger partial charge in [0.05, 0.1) is 11.4 Å². The molecule has 1 aromatic carbocycles. The molecule has 0 aliphatic carbocycles. The summed E-state index contributed by atoms with van der Waals surface area (Å²) in [6, 6.07) is 5.98. The Morgan fingerprint density at radius 2 is 1.90 bits per heavy atom. The number of nitrogens with zero attached hydrogens (tertiary/aromatic N) is 1. The van der Waals surface area contributed by atoms with Gasteiger partial charge in [-0.15, -0.1) is 11.8 Å². The van der Waals surface area contributed by atoms with Gasteiger partial charge in [-0.2, -0.15) is 0 Å². The number of ether oxygens (including phenoxy) is 2. The van der Waals surface area contributed by atoms with Crippen LogP contribution in [-0.4, -0.2) is 18.4 Å². The second-order valence-corrected chi connectivity index (χ2v) is 6.35. The van der Waals surface area contributed by atoms with E-state index in [1.807, 2.05) is 25.1 Å². The lowest BCUT2D eigenvalue weighted by atomic mass is 10.2. The van der Waals surface area contributed by atoms with Gasteiger partial charge in [0.2, 0.25) is 0 Å². The molecule has 3 rings (SSSR count). The summed E-state index contributed by atoms with van der Waals surface area (Å²) in [4.78, 5) is 0. The van der Waals surface area contributed by atoms with Crippen LogP contribution in [0.15, 0.2) is 27.2 Å². The Bertz CT molecular complexity index is 614. The van der Waals surface area contributed by atoms with Crippen LogP contribution in [0.4, 0.5) is 0 Å². The molecule has 20 heavy (non-hydrogen) atoms. The molecule has 1 aliphatic rings. The number of fused-ring (bicyclic) bond motifs is 1. The first-order chi connectivity index (χ1) is 9.72. The SMILES string of the molecule is Cc1cc(CSCc2cc3c(cc2Br)OCCO3)on1. The zero-order chi connectivity index (χ0) is 13.9. The summed E-state index contributed by atoms with van der Waals surface area (Å²) in [6.07, 6.45) is 0. The van der Waals surface area contributed by atoms with Crippen molar-refractivity contribution in [1.29, 1.82) is 0 Å². The number of rotatable bonds is 4. The van der Waals surface area contributed by atoms with Gasteiger partial charge in [0.25, 0.3) is 0 Å². The zero-order valence-electron chi connectivity index (χ0n) is 11.0. The summed E-state index contributed by atoms with van der Waals surface area (Å²) in [7, 11) is 0. The van der Waals surface area contributed by atoms with Crippen molar-refractivity contribution < 1.29 is 14.0 Å². The monoisotopic (exact) mass is 355 g/mol. The number of hydrogen-bond acceptors (Lipinski definition) is 5. The fourth-order valence-electron chi connectivity index (χ4n) is 1.96. The van der Waals surface area contributed by atoms with E-state index in [0.29, 0.717) is 13.2 Å². The quantitative estimate of drug-likeness (QED) is 0.830. The van der Waals surface area contributed by atoms with Crippen LogP contribution in [-0.2, 0) is 11.5 Å².